The topological polar surface area (TPSA) is 12.0 Å². The lowest BCUT2D eigenvalue weighted by Gasteiger charge is -2.26. The maximum absolute atomic E-state index is 4.21. The van der Waals surface area contributed by atoms with Crippen molar-refractivity contribution < 1.29 is 0 Å². The Morgan fingerprint density at radius 2 is 1.78 bits per heavy atom. The number of hydrogen-bond acceptors (Lipinski definition) is 3. The minimum atomic E-state index is -1.14. The Kier molecular flexibility index (Phi) is 7.61. The minimum absolute atomic E-state index is 0.924. The quantitative estimate of drug-likeness (QED) is 0.404. The van der Waals surface area contributed by atoms with Crippen LogP contribution in [0.3, 0.4) is 0 Å². The van der Waals surface area contributed by atoms with Crippen LogP contribution in [0.4, 0.5) is 0 Å². The lowest BCUT2D eigenvalue weighted by molar-refractivity contribution is 0.726. The SMILES string of the molecule is CC[Si](CC)(CC)c1ccc(CCNCCS)s1. The van der Waals surface area contributed by atoms with E-state index in [9.17, 15) is 0 Å². The zero-order chi connectivity index (χ0) is 13.4. The van der Waals surface area contributed by atoms with Crippen LogP contribution >= 0.6 is 24.0 Å². The summed E-state index contributed by atoms with van der Waals surface area (Å²) in [6, 6.07) is 8.93. The van der Waals surface area contributed by atoms with E-state index in [1.807, 2.05) is 0 Å². The van der Waals surface area contributed by atoms with Gasteiger partial charge < -0.3 is 5.32 Å². The molecule has 0 aliphatic carbocycles. The summed E-state index contributed by atoms with van der Waals surface area (Å²) in [6.07, 6.45) is 1.17. The molecule has 4 heteroatoms. The molecule has 1 rings (SSSR count). The van der Waals surface area contributed by atoms with Crippen molar-refractivity contribution in [2.24, 2.45) is 0 Å². The van der Waals surface area contributed by atoms with Crippen molar-refractivity contribution in [3.63, 3.8) is 0 Å². The Hall–Kier alpha value is 0.227. The number of hydrogen-bond donors (Lipinski definition) is 2. The monoisotopic (exact) mass is 301 g/mol. The summed E-state index contributed by atoms with van der Waals surface area (Å²) in [7, 11) is -1.14. The van der Waals surface area contributed by atoms with Gasteiger partial charge >= 0.3 is 0 Å². The molecule has 0 spiro atoms. The highest BCUT2D eigenvalue weighted by Gasteiger charge is 2.30. The first kappa shape index (κ1) is 16.3. The predicted octanol–water partition coefficient (Wildman–Crippen LogP) is 3.53. The van der Waals surface area contributed by atoms with Gasteiger partial charge in [0.2, 0.25) is 0 Å². The predicted molar refractivity (Wildman–Crippen MR) is 91.6 cm³/mol. The third kappa shape index (κ3) is 4.12. The van der Waals surface area contributed by atoms with Crippen LogP contribution in [0.2, 0.25) is 18.1 Å². The van der Waals surface area contributed by atoms with Gasteiger partial charge in [-0.05, 0) is 23.5 Å². The maximum Gasteiger partial charge on any atom is 0.0987 e. The normalized spacial score (nSPS) is 12.0. The van der Waals surface area contributed by atoms with Gasteiger partial charge in [-0.25, -0.2) is 0 Å². The summed E-state index contributed by atoms with van der Waals surface area (Å²) in [5, 5.41) is 3.42. The largest absolute Gasteiger partial charge is 0.316 e. The molecule has 1 heterocycles. The molecule has 1 aromatic heterocycles. The number of nitrogens with one attached hydrogen (secondary N) is 1. The number of rotatable bonds is 9. The Balaban J connectivity index is 2.61. The third-order valence-corrected chi connectivity index (χ3v) is 12.1. The van der Waals surface area contributed by atoms with E-state index in [4.69, 9.17) is 0 Å². The fraction of sp³-hybridized carbons (Fsp3) is 0.714. The van der Waals surface area contributed by atoms with Crippen molar-refractivity contribution in [1.29, 1.82) is 0 Å². The van der Waals surface area contributed by atoms with Crippen LogP contribution in [0.5, 0.6) is 0 Å². The van der Waals surface area contributed by atoms with E-state index in [2.05, 4.69) is 62.2 Å². The van der Waals surface area contributed by atoms with E-state index >= 15 is 0 Å². The summed E-state index contributed by atoms with van der Waals surface area (Å²) in [5.41, 5.74) is 0. The van der Waals surface area contributed by atoms with E-state index in [-0.39, 0.29) is 0 Å². The molecular weight excluding hydrogens is 274 g/mol. The van der Waals surface area contributed by atoms with Crippen LogP contribution in [0.25, 0.3) is 0 Å². The van der Waals surface area contributed by atoms with Gasteiger partial charge in [-0.15, -0.1) is 0 Å². The Bertz CT molecular complexity index is 326. The molecular formula is C14H27NS2Si. The summed E-state index contributed by atoms with van der Waals surface area (Å²) in [6.45, 7) is 9.24. The van der Waals surface area contributed by atoms with Gasteiger partial charge in [0.1, 0.15) is 0 Å². The van der Waals surface area contributed by atoms with Crippen LogP contribution in [0.15, 0.2) is 12.1 Å². The highest BCUT2D eigenvalue weighted by atomic mass is 32.1. The van der Waals surface area contributed by atoms with Crippen LogP contribution in [-0.4, -0.2) is 26.9 Å². The van der Waals surface area contributed by atoms with Crippen LogP contribution in [0, 0.1) is 0 Å². The van der Waals surface area contributed by atoms with Gasteiger partial charge in [0.15, 0.2) is 0 Å². The molecule has 0 aliphatic rings. The zero-order valence-electron chi connectivity index (χ0n) is 12.0. The van der Waals surface area contributed by atoms with Crippen LogP contribution < -0.4 is 9.82 Å². The second-order valence-corrected chi connectivity index (χ2v) is 12.0. The molecule has 0 saturated carbocycles. The fourth-order valence-corrected chi connectivity index (χ4v) is 8.94. The van der Waals surface area contributed by atoms with Crippen LogP contribution in [-0.2, 0) is 6.42 Å². The molecule has 0 aliphatic heterocycles. The molecule has 0 aromatic carbocycles. The van der Waals surface area contributed by atoms with Crippen molar-refractivity contribution in [2.45, 2.75) is 45.3 Å². The summed E-state index contributed by atoms with van der Waals surface area (Å²) < 4.78 is 1.72. The molecule has 1 nitrogen and oxygen atoms in total. The smallest absolute Gasteiger partial charge is 0.0987 e. The van der Waals surface area contributed by atoms with E-state index < -0.39 is 8.07 Å². The van der Waals surface area contributed by atoms with Gasteiger partial charge in [-0.2, -0.15) is 24.0 Å². The van der Waals surface area contributed by atoms with Gasteiger partial charge in [-0.1, -0.05) is 45.0 Å². The van der Waals surface area contributed by atoms with E-state index in [1.165, 1.54) is 24.6 Å². The highest BCUT2D eigenvalue weighted by Crippen LogP contribution is 2.24. The molecule has 0 bridgehead atoms. The Labute approximate surface area is 123 Å². The van der Waals surface area contributed by atoms with Crippen molar-refractivity contribution in [1.82, 2.24) is 5.32 Å². The van der Waals surface area contributed by atoms with Crippen molar-refractivity contribution >= 4 is 36.5 Å². The van der Waals surface area contributed by atoms with Crippen molar-refractivity contribution in [3.8, 4) is 0 Å². The number of thiophene rings is 1. The second kappa shape index (κ2) is 8.41. The molecule has 104 valence electrons. The van der Waals surface area contributed by atoms with Crippen LogP contribution in [0.1, 0.15) is 25.6 Å². The fourth-order valence-electron chi connectivity index (χ4n) is 2.49. The first-order valence-electron chi connectivity index (χ1n) is 7.13. The average Bonchev–Trinajstić information content (AvgIpc) is 2.87. The summed E-state index contributed by atoms with van der Waals surface area (Å²) in [4.78, 5) is 1.55. The molecule has 0 amide bonds. The molecule has 1 aromatic rings. The Morgan fingerprint density at radius 1 is 1.11 bits per heavy atom. The van der Waals surface area contributed by atoms with E-state index in [0.717, 1.165) is 18.8 Å². The summed E-state index contributed by atoms with van der Waals surface area (Å²) >= 11 is 6.28. The summed E-state index contributed by atoms with van der Waals surface area (Å²) in [5.74, 6) is 0.924. The molecule has 0 saturated heterocycles. The lowest BCUT2D eigenvalue weighted by Crippen LogP contribution is -2.43. The van der Waals surface area contributed by atoms with Crippen molar-refractivity contribution in [3.05, 3.63) is 17.0 Å². The third-order valence-electron chi connectivity index (χ3n) is 4.05. The molecule has 1 N–H and O–H groups in total. The highest BCUT2D eigenvalue weighted by molar-refractivity contribution is 7.80. The first-order chi connectivity index (χ1) is 8.72. The van der Waals surface area contributed by atoms with Gasteiger partial charge in [0.05, 0.1) is 8.07 Å². The molecule has 0 radical (unpaired) electrons. The molecule has 0 atom stereocenters. The maximum atomic E-state index is 4.21. The first-order valence-corrected chi connectivity index (χ1v) is 11.2. The Morgan fingerprint density at radius 3 is 2.33 bits per heavy atom. The molecule has 18 heavy (non-hydrogen) atoms. The van der Waals surface area contributed by atoms with Crippen molar-refractivity contribution in [2.75, 3.05) is 18.8 Å². The standard InChI is InChI=1S/C14H27NS2Si/c1-4-18(5-2,6-3)14-8-7-13(17-14)9-10-15-11-12-16/h7-8,15-16H,4-6,9-12H2,1-3H3. The molecule has 0 fully saturated rings. The minimum Gasteiger partial charge on any atom is -0.316 e. The molecule has 0 unspecified atom stereocenters. The van der Waals surface area contributed by atoms with E-state index in [1.54, 1.807) is 9.38 Å². The van der Waals surface area contributed by atoms with Gasteiger partial charge in [0.25, 0.3) is 0 Å². The lowest BCUT2D eigenvalue weighted by atomic mass is 10.3. The van der Waals surface area contributed by atoms with Gasteiger partial charge in [-0.3, -0.25) is 0 Å². The average molecular weight is 302 g/mol. The second-order valence-electron chi connectivity index (χ2n) is 4.83. The van der Waals surface area contributed by atoms with Gasteiger partial charge in [0, 0.05) is 17.2 Å². The zero-order valence-corrected chi connectivity index (χ0v) is 14.7. The number of thiol groups is 1. The van der Waals surface area contributed by atoms with E-state index in [0.29, 0.717) is 0 Å².